The van der Waals surface area contributed by atoms with Gasteiger partial charge in [0.1, 0.15) is 11.4 Å². The molecular formula is C24H26ClF4N3O2. The molecule has 3 heterocycles. The first-order valence-electron chi connectivity index (χ1n) is 11.2. The lowest BCUT2D eigenvalue weighted by Gasteiger charge is -2.50. The number of carbonyl (C=O) groups is 1. The Hall–Kier alpha value is -2.23. The molecule has 1 aliphatic carbocycles. The Bertz CT molecular complexity index is 1050. The summed E-state index contributed by atoms with van der Waals surface area (Å²) in [7, 11) is 0. The predicted octanol–water partition coefficient (Wildman–Crippen LogP) is 4.63. The highest BCUT2D eigenvalue weighted by molar-refractivity contribution is 6.03. The van der Waals surface area contributed by atoms with Crippen LogP contribution in [0.5, 0.6) is 0 Å². The average Bonchev–Trinajstić information content (AvgIpc) is 3.56. The van der Waals surface area contributed by atoms with Crippen molar-refractivity contribution in [3.05, 3.63) is 59.7 Å². The summed E-state index contributed by atoms with van der Waals surface area (Å²) in [5, 5.41) is 0. The van der Waals surface area contributed by atoms with E-state index in [2.05, 4.69) is 9.88 Å². The molecule has 1 aromatic heterocycles. The number of piperidine rings is 1. The van der Waals surface area contributed by atoms with E-state index in [4.69, 9.17) is 4.74 Å². The van der Waals surface area contributed by atoms with Crippen LogP contribution >= 0.6 is 12.4 Å². The molecule has 2 spiro atoms. The van der Waals surface area contributed by atoms with Crippen LogP contribution in [0.4, 0.5) is 23.2 Å². The highest BCUT2D eigenvalue weighted by atomic mass is 35.5. The van der Waals surface area contributed by atoms with E-state index >= 15 is 0 Å². The van der Waals surface area contributed by atoms with Gasteiger partial charge >= 0.3 is 6.18 Å². The molecule has 1 aromatic carbocycles. The fraction of sp³-hybridized carbons (Fsp3) is 0.500. The molecule has 5 rings (SSSR count). The van der Waals surface area contributed by atoms with Crippen LogP contribution in [0, 0.1) is 5.82 Å². The number of carbonyl (C=O) groups excluding carboxylic acids is 1. The van der Waals surface area contributed by atoms with E-state index in [0.29, 0.717) is 57.3 Å². The lowest BCUT2D eigenvalue weighted by molar-refractivity contribution is -0.172. The zero-order valence-electron chi connectivity index (χ0n) is 18.5. The molecule has 0 bridgehead atoms. The molecule has 0 unspecified atom stereocenters. The van der Waals surface area contributed by atoms with Gasteiger partial charge < -0.3 is 14.5 Å². The van der Waals surface area contributed by atoms with E-state index in [0.717, 1.165) is 18.5 Å². The standard InChI is InChI=1S/C24H25F4N3O2.ClH/c25-19-4-2-1-3-17(19)6-12-30-13-9-22(10-14-30)16-31(21(32)23(33-22)7-8-23)20-15-29-11-5-18(20)24(26,27)28;/h1-5,11,15H,6-10,12-14,16H2;1H. The highest BCUT2D eigenvalue weighted by Gasteiger charge is 2.62. The monoisotopic (exact) mass is 499 g/mol. The van der Waals surface area contributed by atoms with Gasteiger partial charge in [0.2, 0.25) is 0 Å². The number of pyridine rings is 1. The van der Waals surface area contributed by atoms with Gasteiger partial charge in [-0.05, 0) is 49.8 Å². The van der Waals surface area contributed by atoms with Crippen molar-refractivity contribution in [3.63, 3.8) is 0 Å². The number of rotatable bonds is 4. The maximum Gasteiger partial charge on any atom is 0.418 e. The summed E-state index contributed by atoms with van der Waals surface area (Å²) < 4.78 is 61.2. The van der Waals surface area contributed by atoms with Gasteiger partial charge in [0.15, 0.2) is 0 Å². The maximum absolute atomic E-state index is 13.9. The maximum atomic E-state index is 13.9. The first-order chi connectivity index (χ1) is 15.7. The third-order valence-electron chi connectivity index (χ3n) is 7.02. The van der Waals surface area contributed by atoms with Crippen molar-refractivity contribution in [3.8, 4) is 0 Å². The zero-order valence-corrected chi connectivity index (χ0v) is 19.3. The minimum atomic E-state index is -4.59. The Morgan fingerprint density at radius 1 is 1.06 bits per heavy atom. The van der Waals surface area contributed by atoms with Crippen molar-refractivity contribution in [2.45, 2.75) is 49.5 Å². The summed E-state index contributed by atoms with van der Waals surface area (Å²) >= 11 is 0. The lowest BCUT2D eigenvalue weighted by Crippen LogP contribution is -2.63. The number of anilines is 1. The number of benzene rings is 1. The van der Waals surface area contributed by atoms with Crippen LogP contribution in [0.25, 0.3) is 0 Å². The van der Waals surface area contributed by atoms with Crippen LogP contribution in [0.3, 0.4) is 0 Å². The molecule has 34 heavy (non-hydrogen) atoms. The highest BCUT2D eigenvalue weighted by Crippen LogP contribution is 2.51. The Balaban J connectivity index is 0.00000274. The summed E-state index contributed by atoms with van der Waals surface area (Å²) in [5.41, 5.74) is -2.12. The van der Waals surface area contributed by atoms with Gasteiger partial charge in [0.25, 0.3) is 5.91 Å². The largest absolute Gasteiger partial charge is 0.418 e. The quantitative estimate of drug-likeness (QED) is 0.575. The minimum absolute atomic E-state index is 0. The molecule has 2 aromatic rings. The van der Waals surface area contributed by atoms with E-state index in [-0.39, 0.29) is 30.5 Å². The van der Waals surface area contributed by atoms with Gasteiger partial charge in [-0.2, -0.15) is 13.2 Å². The summed E-state index contributed by atoms with van der Waals surface area (Å²) in [6.45, 7) is 2.10. The third kappa shape index (κ3) is 4.65. The van der Waals surface area contributed by atoms with Crippen molar-refractivity contribution in [2.75, 3.05) is 31.1 Å². The Morgan fingerprint density at radius 2 is 1.76 bits per heavy atom. The molecule has 1 saturated carbocycles. The van der Waals surface area contributed by atoms with Crippen LogP contribution in [-0.2, 0) is 22.1 Å². The van der Waals surface area contributed by atoms with Gasteiger partial charge in [0.05, 0.1) is 29.6 Å². The van der Waals surface area contributed by atoms with Gasteiger partial charge in [-0.15, -0.1) is 12.4 Å². The molecule has 0 N–H and O–H groups in total. The van der Waals surface area contributed by atoms with Gasteiger partial charge in [-0.1, -0.05) is 18.2 Å². The summed E-state index contributed by atoms with van der Waals surface area (Å²) in [4.78, 5) is 20.5. The van der Waals surface area contributed by atoms with E-state index in [1.807, 2.05) is 6.07 Å². The number of hydrogen-bond acceptors (Lipinski definition) is 4. The number of likely N-dealkylation sites (tertiary alicyclic amines) is 1. The van der Waals surface area contributed by atoms with Crippen LogP contribution in [-0.4, -0.2) is 53.2 Å². The molecule has 3 fully saturated rings. The predicted molar refractivity (Wildman–Crippen MR) is 120 cm³/mol. The molecule has 3 aliphatic rings. The number of halogens is 5. The van der Waals surface area contributed by atoms with Crippen LogP contribution in [0.15, 0.2) is 42.7 Å². The Labute approximate surface area is 201 Å². The molecular weight excluding hydrogens is 474 g/mol. The number of hydrogen-bond donors (Lipinski definition) is 0. The lowest BCUT2D eigenvalue weighted by atomic mass is 9.87. The number of nitrogens with zero attached hydrogens (tertiary/aromatic N) is 3. The van der Waals surface area contributed by atoms with Crippen molar-refractivity contribution < 1.29 is 27.1 Å². The van der Waals surface area contributed by atoms with Gasteiger partial charge in [-0.25, -0.2) is 4.39 Å². The molecule has 2 saturated heterocycles. The fourth-order valence-electron chi connectivity index (χ4n) is 4.99. The van der Waals surface area contributed by atoms with Crippen LogP contribution in [0.1, 0.15) is 36.8 Å². The van der Waals surface area contributed by atoms with Crippen molar-refractivity contribution in [2.24, 2.45) is 0 Å². The minimum Gasteiger partial charge on any atom is -0.357 e. The molecule has 10 heteroatoms. The number of amides is 1. The summed E-state index contributed by atoms with van der Waals surface area (Å²) in [6, 6.07) is 7.61. The topological polar surface area (TPSA) is 45.7 Å². The first kappa shape index (κ1) is 24.9. The molecule has 2 aliphatic heterocycles. The van der Waals surface area contributed by atoms with E-state index in [1.165, 1.54) is 11.0 Å². The van der Waals surface area contributed by atoms with E-state index in [1.54, 1.807) is 12.1 Å². The number of aromatic nitrogens is 1. The average molecular weight is 500 g/mol. The molecule has 0 radical (unpaired) electrons. The third-order valence-corrected chi connectivity index (χ3v) is 7.02. The molecule has 0 atom stereocenters. The summed E-state index contributed by atoms with van der Waals surface area (Å²) in [6.07, 6.45) is 0.435. The molecule has 1 amide bonds. The Kier molecular flexibility index (Phi) is 6.65. The summed E-state index contributed by atoms with van der Waals surface area (Å²) in [5.74, 6) is -0.628. The van der Waals surface area contributed by atoms with Crippen molar-refractivity contribution in [1.29, 1.82) is 0 Å². The second-order valence-electron chi connectivity index (χ2n) is 9.24. The fourth-order valence-corrected chi connectivity index (χ4v) is 4.99. The second kappa shape index (κ2) is 9.09. The smallest absolute Gasteiger partial charge is 0.357 e. The molecule has 5 nitrogen and oxygen atoms in total. The van der Waals surface area contributed by atoms with Gasteiger partial charge in [0, 0.05) is 25.8 Å². The Morgan fingerprint density at radius 3 is 2.41 bits per heavy atom. The zero-order chi connectivity index (χ0) is 23.3. The SMILES string of the molecule is Cl.O=C1N(c2cnccc2C(F)(F)F)CC2(CCN(CCc3ccccc3F)CC2)OC12CC2. The number of ether oxygens (including phenoxy) is 1. The number of alkyl halides is 3. The van der Waals surface area contributed by atoms with Gasteiger partial charge in [-0.3, -0.25) is 9.78 Å². The number of morpholine rings is 1. The van der Waals surface area contributed by atoms with E-state index in [9.17, 15) is 22.4 Å². The van der Waals surface area contributed by atoms with Crippen molar-refractivity contribution >= 4 is 24.0 Å². The normalized spacial score (nSPS) is 21.5. The van der Waals surface area contributed by atoms with Crippen LogP contribution < -0.4 is 4.90 Å². The van der Waals surface area contributed by atoms with Crippen LogP contribution in [0.2, 0.25) is 0 Å². The second-order valence-corrected chi connectivity index (χ2v) is 9.24. The van der Waals surface area contributed by atoms with Crippen molar-refractivity contribution in [1.82, 2.24) is 9.88 Å². The first-order valence-corrected chi connectivity index (χ1v) is 11.2. The molecule has 184 valence electrons. The van der Waals surface area contributed by atoms with E-state index < -0.39 is 28.8 Å².